The highest BCUT2D eigenvalue weighted by Gasteiger charge is 2.49. The van der Waals surface area contributed by atoms with E-state index in [0.29, 0.717) is 26.1 Å². The number of terminal acetylenes is 1. The lowest BCUT2D eigenvalue weighted by molar-refractivity contribution is -0.148. The van der Waals surface area contributed by atoms with Gasteiger partial charge in [-0.2, -0.15) is 18.7 Å². The number of benzene rings is 2. The average molecular weight is 731 g/mol. The molecule has 4 atom stereocenters. The molecule has 4 saturated heterocycles. The summed E-state index contributed by atoms with van der Waals surface area (Å²) < 4.78 is 114. The van der Waals surface area contributed by atoms with Crippen LogP contribution in [-0.4, -0.2) is 100 Å². The van der Waals surface area contributed by atoms with Crippen molar-refractivity contribution < 1.29 is 45.3 Å². The third-order valence-corrected chi connectivity index (χ3v) is 10.6. The molecule has 0 spiro atoms. The second-order valence-corrected chi connectivity index (χ2v) is 14.0. The summed E-state index contributed by atoms with van der Waals surface area (Å²) in [6, 6.07) is 4.42. The third kappa shape index (κ3) is 5.87. The summed E-state index contributed by atoms with van der Waals surface area (Å²) in [6.07, 6.45) is 3.87. The Labute approximate surface area is 293 Å². The number of ether oxygens (including phenoxy) is 2. The summed E-state index contributed by atoms with van der Waals surface area (Å²) in [5, 5.41) is 14.0. The summed E-state index contributed by atoms with van der Waals surface area (Å²) >= 11 is 0. The number of piperazine rings is 1. The van der Waals surface area contributed by atoms with E-state index in [1.165, 1.54) is 12.1 Å². The minimum Gasteiger partial charge on any atom is -0.508 e. The van der Waals surface area contributed by atoms with Gasteiger partial charge in [0.2, 0.25) is 5.88 Å². The van der Waals surface area contributed by atoms with Crippen molar-refractivity contribution in [3.05, 3.63) is 41.5 Å². The van der Waals surface area contributed by atoms with E-state index in [1.54, 1.807) is 4.90 Å². The molecular weight excluding hydrogens is 697 g/mol. The highest BCUT2D eigenvalue weighted by Crippen LogP contribution is 2.44. The molecule has 4 aromatic rings. The standard InChI is InChI=1S/C36H33F7N6O3/c1-2-23-25(38)7-4-18-10-22(50)11-24(26(18)23)29-28(39)30-27(32(45-29)51-17-36(42,43)33(40)41)31(48-14-20-5-6-21(15-48)44-20)47-34(46-30)52-16-35-8-3-9-49(35)13-19(37)12-35/h1,4,7,10-11,19-21,33,44,50H,3,5-6,8-9,12-17H2/t19-,20?,21?,35+/m1/s1. The molecule has 0 radical (unpaired) electrons. The molecular formula is C36H33F7N6O3. The summed E-state index contributed by atoms with van der Waals surface area (Å²) in [7, 11) is 0. The van der Waals surface area contributed by atoms with E-state index in [-0.39, 0.29) is 70.8 Å². The Morgan fingerprint density at radius 3 is 2.56 bits per heavy atom. The number of aromatic hydroxyl groups is 1. The van der Waals surface area contributed by atoms with Crippen molar-refractivity contribution in [3.63, 3.8) is 0 Å². The molecule has 4 fully saturated rings. The monoisotopic (exact) mass is 730 g/mol. The van der Waals surface area contributed by atoms with Crippen molar-refractivity contribution in [1.29, 1.82) is 0 Å². The van der Waals surface area contributed by atoms with Gasteiger partial charge in [0.05, 0.1) is 11.1 Å². The molecule has 2 aromatic heterocycles. The summed E-state index contributed by atoms with van der Waals surface area (Å²) in [5.74, 6) is -5.47. The van der Waals surface area contributed by atoms with Gasteiger partial charge in [0.1, 0.15) is 46.8 Å². The van der Waals surface area contributed by atoms with E-state index in [2.05, 4.69) is 26.2 Å². The van der Waals surface area contributed by atoms with Crippen LogP contribution in [0.4, 0.5) is 36.6 Å². The lowest BCUT2D eigenvalue weighted by atomic mass is 9.95. The molecule has 6 heterocycles. The van der Waals surface area contributed by atoms with Crippen molar-refractivity contribution in [1.82, 2.24) is 25.2 Å². The van der Waals surface area contributed by atoms with Crippen LogP contribution < -0.4 is 19.7 Å². The maximum absolute atomic E-state index is 17.2. The van der Waals surface area contributed by atoms with E-state index in [4.69, 9.17) is 15.9 Å². The Bertz CT molecular complexity index is 2100. The van der Waals surface area contributed by atoms with Gasteiger partial charge in [-0.25, -0.2) is 26.9 Å². The molecule has 274 valence electrons. The predicted octanol–water partition coefficient (Wildman–Crippen LogP) is 5.99. The van der Waals surface area contributed by atoms with Gasteiger partial charge in [-0.05, 0) is 55.8 Å². The van der Waals surface area contributed by atoms with Crippen LogP contribution in [0.3, 0.4) is 0 Å². The Kier molecular flexibility index (Phi) is 8.48. The van der Waals surface area contributed by atoms with E-state index >= 15 is 8.78 Å². The average Bonchev–Trinajstić information content (AvgIpc) is 3.76. The number of pyridine rings is 1. The number of phenols is 1. The highest BCUT2D eigenvalue weighted by atomic mass is 19.3. The van der Waals surface area contributed by atoms with Crippen molar-refractivity contribution in [2.24, 2.45) is 0 Å². The van der Waals surface area contributed by atoms with Crippen LogP contribution in [0.25, 0.3) is 32.9 Å². The number of nitrogens with zero attached hydrogens (tertiary/aromatic N) is 5. The van der Waals surface area contributed by atoms with Gasteiger partial charge in [-0.3, -0.25) is 4.90 Å². The first-order chi connectivity index (χ1) is 24.9. The number of rotatable bonds is 9. The first-order valence-electron chi connectivity index (χ1n) is 17.0. The SMILES string of the molecule is C#Cc1c(F)ccc2cc(O)cc(-c3nc(OCC(F)(F)C(F)F)c4c(N5CC6CCC(C5)N6)nc(OC[C@@]56CCCN5C[C@H](F)C6)nc4c3F)c12. The van der Waals surface area contributed by atoms with Crippen LogP contribution in [-0.2, 0) is 0 Å². The normalized spacial score (nSPS) is 24.6. The van der Waals surface area contributed by atoms with Crippen LogP contribution in [0.5, 0.6) is 17.6 Å². The Balaban J connectivity index is 1.35. The first-order valence-corrected chi connectivity index (χ1v) is 17.0. The molecule has 9 nitrogen and oxygen atoms in total. The van der Waals surface area contributed by atoms with Gasteiger partial charge in [-0.1, -0.05) is 12.0 Å². The molecule has 16 heteroatoms. The number of phenolic OH excluding ortho intramolecular Hbond substituents is 1. The van der Waals surface area contributed by atoms with E-state index < -0.39 is 65.1 Å². The minimum absolute atomic E-state index is 0.0124. The van der Waals surface area contributed by atoms with Crippen LogP contribution in [0.15, 0.2) is 24.3 Å². The molecule has 52 heavy (non-hydrogen) atoms. The Morgan fingerprint density at radius 2 is 1.83 bits per heavy atom. The molecule has 0 saturated carbocycles. The number of hydrogen-bond acceptors (Lipinski definition) is 9. The molecule has 4 aliphatic heterocycles. The van der Waals surface area contributed by atoms with Gasteiger partial charge in [-0.15, -0.1) is 6.42 Å². The molecule has 4 aliphatic rings. The van der Waals surface area contributed by atoms with Crippen molar-refractivity contribution >= 4 is 27.5 Å². The van der Waals surface area contributed by atoms with E-state index in [1.807, 2.05) is 4.90 Å². The van der Waals surface area contributed by atoms with Gasteiger partial charge < -0.3 is 24.8 Å². The van der Waals surface area contributed by atoms with E-state index in [0.717, 1.165) is 31.4 Å². The van der Waals surface area contributed by atoms with Crippen molar-refractivity contribution in [2.45, 2.75) is 68.2 Å². The number of fused-ring (bicyclic) bond motifs is 5. The fourth-order valence-electron chi connectivity index (χ4n) is 8.28. The lowest BCUT2D eigenvalue weighted by Gasteiger charge is -2.35. The van der Waals surface area contributed by atoms with Gasteiger partial charge in [0, 0.05) is 49.1 Å². The topological polar surface area (TPSA) is 95.9 Å². The molecule has 8 rings (SSSR count). The number of alkyl halides is 5. The van der Waals surface area contributed by atoms with Crippen LogP contribution in [0.1, 0.15) is 37.7 Å². The molecule has 2 aromatic carbocycles. The lowest BCUT2D eigenvalue weighted by Crippen LogP contribution is -2.51. The number of halogens is 7. The zero-order chi connectivity index (χ0) is 36.5. The van der Waals surface area contributed by atoms with Crippen molar-refractivity contribution in [3.8, 4) is 41.2 Å². The number of nitrogens with one attached hydrogen (secondary N) is 1. The molecule has 2 N–H and O–H groups in total. The highest BCUT2D eigenvalue weighted by molar-refractivity contribution is 6.04. The second-order valence-electron chi connectivity index (χ2n) is 14.0. The quantitative estimate of drug-likeness (QED) is 0.159. The fourth-order valence-corrected chi connectivity index (χ4v) is 8.28. The molecule has 0 aliphatic carbocycles. The predicted molar refractivity (Wildman–Crippen MR) is 177 cm³/mol. The number of aromatic nitrogens is 3. The fraction of sp³-hybridized carbons (Fsp3) is 0.472. The maximum Gasteiger partial charge on any atom is 0.340 e. The van der Waals surface area contributed by atoms with Gasteiger partial charge in [0.15, 0.2) is 12.4 Å². The zero-order valence-corrected chi connectivity index (χ0v) is 27.6. The molecule has 2 bridgehead atoms. The van der Waals surface area contributed by atoms with E-state index in [9.17, 15) is 27.1 Å². The van der Waals surface area contributed by atoms with Crippen molar-refractivity contribution in [2.75, 3.05) is 44.3 Å². The Morgan fingerprint density at radius 1 is 1.06 bits per heavy atom. The summed E-state index contributed by atoms with van der Waals surface area (Å²) in [5.41, 5.74) is -2.32. The third-order valence-electron chi connectivity index (χ3n) is 10.6. The van der Waals surface area contributed by atoms with Crippen LogP contribution in [0, 0.1) is 24.0 Å². The summed E-state index contributed by atoms with van der Waals surface area (Å²) in [6.45, 7) is -0.194. The first kappa shape index (κ1) is 34.5. The minimum atomic E-state index is -4.62. The second kappa shape index (κ2) is 12.8. The molecule has 2 unspecified atom stereocenters. The smallest absolute Gasteiger partial charge is 0.340 e. The van der Waals surface area contributed by atoms with Crippen LogP contribution in [0.2, 0.25) is 0 Å². The molecule has 0 amide bonds. The van der Waals surface area contributed by atoms with Crippen LogP contribution >= 0.6 is 0 Å². The maximum atomic E-state index is 17.2. The number of hydrogen-bond donors (Lipinski definition) is 2. The summed E-state index contributed by atoms with van der Waals surface area (Å²) in [4.78, 5) is 17.0. The van der Waals surface area contributed by atoms with Gasteiger partial charge >= 0.3 is 18.4 Å². The van der Waals surface area contributed by atoms with Gasteiger partial charge in [0.25, 0.3) is 0 Å². The largest absolute Gasteiger partial charge is 0.508 e. The zero-order valence-electron chi connectivity index (χ0n) is 27.6. The Hall–Kier alpha value is -4.62. The number of anilines is 1.